The number of rotatable bonds is 5. The molecule has 0 atom stereocenters. The first kappa shape index (κ1) is 18.2. The molecule has 132 valence electrons. The number of aliphatic imine (C=N–C) groups is 1. The smallest absolute Gasteiger partial charge is 0.304 e. The molecule has 3 rings (SSSR count). The number of carboxylic acids is 1. The van der Waals surface area contributed by atoms with Gasteiger partial charge in [0.05, 0.1) is 12.1 Å². The summed E-state index contributed by atoms with van der Waals surface area (Å²) in [6, 6.07) is 16.3. The number of carbonyl (C=O) groups is 2. The first-order valence-electron chi connectivity index (χ1n) is 7.84. The minimum absolute atomic E-state index is 0.00610. The Balaban J connectivity index is 1.92. The van der Waals surface area contributed by atoms with Gasteiger partial charge in [-0.3, -0.25) is 14.5 Å². The quantitative estimate of drug-likeness (QED) is 0.778. The SMILES string of the molecule is O=C(O)CCSC1=N/C(=C/c2cccc(Cl)c2)C(=O)N1c1ccccc1. The van der Waals surface area contributed by atoms with Crippen molar-refractivity contribution < 1.29 is 14.7 Å². The highest BCUT2D eigenvalue weighted by Crippen LogP contribution is 2.29. The van der Waals surface area contributed by atoms with Crippen LogP contribution in [0.1, 0.15) is 12.0 Å². The Bertz CT molecular complexity index is 897. The van der Waals surface area contributed by atoms with Gasteiger partial charge in [-0.25, -0.2) is 4.99 Å². The maximum atomic E-state index is 12.9. The normalized spacial score (nSPS) is 15.4. The van der Waals surface area contributed by atoms with Crippen LogP contribution in [0.25, 0.3) is 6.08 Å². The first-order valence-corrected chi connectivity index (χ1v) is 9.21. The van der Waals surface area contributed by atoms with E-state index in [9.17, 15) is 9.59 Å². The molecule has 0 unspecified atom stereocenters. The second-order valence-corrected chi connectivity index (χ2v) is 6.95. The molecule has 5 nitrogen and oxygen atoms in total. The number of amides is 1. The van der Waals surface area contributed by atoms with Crippen molar-refractivity contribution in [2.75, 3.05) is 10.7 Å². The lowest BCUT2D eigenvalue weighted by molar-refractivity contribution is -0.136. The van der Waals surface area contributed by atoms with Crippen molar-refractivity contribution in [3.8, 4) is 0 Å². The van der Waals surface area contributed by atoms with Gasteiger partial charge in [-0.15, -0.1) is 0 Å². The van der Waals surface area contributed by atoms with Crippen molar-refractivity contribution in [1.29, 1.82) is 0 Å². The van der Waals surface area contributed by atoms with Gasteiger partial charge in [-0.05, 0) is 35.9 Å². The van der Waals surface area contributed by atoms with Crippen LogP contribution in [0.3, 0.4) is 0 Å². The lowest BCUT2D eigenvalue weighted by Gasteiger charge is -2.17. The van der Waals surface area contributed by atoms with Gasteiger partial charge in [0.25, 0.3) is 5.91 Å². The summed E-state index contributed by atoms with van der Waals surface area (Å²) in [6.45, 7) is 0. The Morgan fingerprint density at radius 3 is 2.65 bits per heavy atom. The highest BCUT2D eigenvalue weighted by molar-refractivity contribution is 8.14. The highest BCUT2D eigenvalue weighted by atomic mass is 35.5. The van der Waals surface area contributed by atoms with Crippen LogP contribution in [0, 0.1) is 0 Å². The van der Waals surface area contributed by atoms with E-state index in [0.717, 1.165) is 5.56 Å². The Kier molecular flexibility index (Phi) is 5.75. The van der Waals surface area contributed by atoms with Crippen LogP contribution in [0.4, 0.5) is 5.69 Å². The zero-order valence-corrected chi connectivity index (χ0v) is 15.2. The van der Waals surface area contributed by atoms with E-state index in [1.165, 1.54) is 16.7 Å². The summed E-state index contributed by atoms with van der Waals surface area (Å²) >= 11 is 7.24. The number of anilines is 1. The Morgan fingerprint density at radius 2 is 1.96 bits per heavy atom. The van der Waals surface area contributed by atoms with E-state index in [-0.39, 0.29) is 18.0 Å². The second kappa shape index (κ2) is 8.21. The molecule has 0 saturated carbocycles. The fraction of sp³-hybridized carbons (Fsp3) is 0.105. The summed E-state index contributed by atoms with van der Waals surface area (Å²) in [6.07, 6.45) is 1.67. The number of carboxylic acid groups (broad SMARTS) is 1. The number of benzene rings is 2. The van der Waals surface area contributed by atoms with Crippen molar-refractivity contribution in [3.63, 3.8) is 0 Å². The number of para-hydroxylation sites is 1. The Morgan fingerprint density at radius 1 is 1.19 bits per heavy atom. The fourth-order valence-corrected chi connectivity index (χ4v) is 3.52. The van der Waals surface area contributed by atoms with Crippen LogP contribution in [-0.4, -0.2) is 27.9 Å². The molecule has 1 aliphatic heterocycles. The molecule has 26 heavy (non-hydrogen) atoms. The molecule has 0 spiro atoms. The summed E-state index contributed by atoms with van der Waals surface area (Å²) in [4.78, 5) is 29.6. The van der Waals surface area contributed by atoms with Gasteiger partial charge in [-0.1, -0.05) is 53.7 Å². The topological polar surface area (TPSA) is 70.0 Å². The molecular formula is C19H15ClN2O3S. The number of nitrogens with zero attached hydrogens (tertiary/aromatic N) is 2. The van der Waals surface area contributed by atoms with Crippen LogP contribution in [0.15, 0.2) is 65.3 Å². The molecule has 1 aliphatic rings. The number of hydrogen-bond acceptors (Lipinski definition) is 4. The Labute approximate surface area is 160 Å². The lowest BCUT2D eigenvalue weighted by Crippen LogP contribution is -2.30. The molecule has 2 aromatic carbocycles. The molecule has 0 radical (unpaired) electrons. The lowest BCUT2D eigenvalue weighted by atomic mass is 10.2. The molecule has 1 N–H and O–H groups in total. The van der Waals surface area contributed by atoms with Crippen molar-refractivity contribution in [1.82, 2.24) is 0 Å². The summed E-state index contributed by atoms with van der Waals surface area (Å²) in [5.41, 5.74) is 1.75. The van der Waals surface area contributed by atoms with E-state index >= 15 is 0 Å². The predicted octanol–water partition coefficient (Wildman–Crippen LogP) is 4.29. The predicted molar refractivity (Wildman–Crippen MR) is 106 cm³/mol. The Hall–Kier alpha value is -2.57. The van der Waals surface area contributed by atoms with Gasteiger partial charge in [-0.2, -0.15) is 0 Å². The molecule has 0 saturated heterocycles. The van der Waals surface area contributed by atoms with Crippen LogP contribution < -0.4 is 4.90 Å². The monoisotopic (exact) mass is 386 g/mol. The molecule has 0 aromatic heterocycles. The minimum Gasteiger partial charge on any atom is -0.481 e. The third-order valence-electron chi connectivity index (χ3n) is 3.54. The van der Waals surface area contributed by atoms with E-state index in [4.69, 9.17) is 16.7 Å². The summed E-state index contributed by atoms with van der Waals surface area (Å²) in [5, 5.41) is 9.88. The highest BCUT2D eigenvalue weighted by Gasteiger charge is 2.31. The number of thioether (sulfide) groups is 1. The van der Waals surface area contributed by atoms with E-state index < -0.39 is 5.97 Å². The fourth-order valence-electron chi connectivity index (χ4n) is 2.38. The molecule has 1 heterocycles. The molecule has 7 heteroatoms. The van der Waals surface area contributed by atoms with Crippen molar-refractivity contribution in [2.45, 2.75) is 6.42 Å². The maximum Gasteiger partial charge on any atom is 0.304 e. The van der Waals surface area contributed by atoms with Crippen molar-refractivity contribution in [2.24, 2.45) is 4.99 Å². The third kappa shape index (κ3) is 4.33. The van der Waals surface area contributed by atoms with Crippen LogP contribution in [0.5, 0.6) is 0 Å². The summed E-state index contributed by atoms with van der Waals surface area (Å²) < 4.78 is 0. The van der Waals surface area contributed by atoms with Gasteiger partial charge in [0.15, 0.2) is 5.17 Å². The van der Waals surface area contributed by atoms with Crippen LogP contribution >= 0.6 is 23.4 Å². The number of carbonyl (C=O) groups excluding carboxylic acids is 1. The van der Waals surface area contributed by atoms with Crippen LogP contribution in [-0.2, 0) is 9.59 Å². The van der Waals surface area contributed by atoms with Crippen molar-refractivity contribution >= 4 is 52.2 Å². The summed E-state index contributed by atoms with van der Waals surface area (Å²) in [5.74, 6) is -0.813. The third-order valence-corrected chi connectivity index (χ3v) is 4.72. The van der Waals surface area contributed by atoms with Crippen LogP contribution in [0.2, 0.25) is 5.02 Å². The zero-order chi connectivity index (χ0) is 18.5. The van der Waals surface area contributed by atoms with E-state index in [0.29, 0.717) is 21.6 Å². The molecule has 1 amide bonds. The van der Waals surface area contributed by atoms with Gasteiger partial charge >= 0.3 is 5.97 Å². The largest absolute Gasteiger partial charge is 0.481 e. The first-order chi connectivity index (χ1) is 12.5. The molecule has 0 aliphatic carbocycles. The number of halogens is 1. The van der Waals surface area contributed by atoms with Crippen molar-refractivity contribution in [3.05, 3.63) is 70.9 Å². The maximum absolute atomic E-state index is 12.9. The molecule has 0 fully saturated rings. The van der Waals surface area contributed by atoms with E-state index in [1.807, 2.05) is 36.4 Å². The van der Waals surface area contributed by atoms with Gasteiger partial charge in [0.1, 0.15) is 5.70 Å². The van der Waals surface area contributed by atoms with E-state index in [1.54, 1.807) is 24.3 Å². The molecule has 0 bridgehead atoms. The molecule has 2 aromatic rings. The average Bonchev–Trinajstić information content (AvgIpc) is 2.91. The van der Waals surface area contributed by atoms with Gasteiger partial charge < -0.3 is 5.11 Å². The van der Waals surface area contributed by atoms with E-state index in [2.05, 4.69) is 4.99 Å². The second-order valence-electron chi connectivity index (χ2n) is 5.45. The van der Waals surface area contributed by atoms with Gasteiger partial charge in [0, 0.05) is 10.8 Å². The summed E-state index contributed by atoms with van der Waals surface area (Å²) in [7, 11) is 0. The molecular weight excluding hydrogens is 372 g/mol. The van der Waals surface area contributed by atoms with Gasteiger partial charge in [0.2, 0.25) is 0 Å². The number of hydrogen-bond donors (Lipinski definition) is 1. The standard InChI is InChI=1S/C19H15ClN2O3S/c20-14-6-4-5-13(11-14)12-16-18(25)22(15-7-2-1-3-8-15)19(21-16)26-10-9-17(23)24/h1-8,11-12H,9-10H2,(H,23,24)/b16-12+. The average molecular weight is 387 g/mol. The number of amidine groups is 1. The minimum atomic E-state index is -0.886. The zero-order valence-electron chi connectivity index (χ0n) is 13.6. The number of aliphatic carboxylic acids is 1.